The number of hydrogen-bond donors (Lipinski definition) is 0. The van der Waals surface area contributed by atoms with Gasteiger partial charge in [-0.15, -0.1) is 0 Å². The molecule has 0 spiro atoms. The van der Waals surface area contributed by atoms with Gasteiger partial charge in [0.15, 0.2) is 0 Å². The van der Waals surface area contributed by atoms with Crippen LogP contribution in [0.2, 0.25) is 0 Å². The molecule has 29 heavy (non-hydrogen) atoms. The second-order valence-corrected chi connectivity index (χ2v) is 14.8. The van der Waals surface area contributed by atoms with Crippen LogP contribution in [0.1, 0.15) is 0 Å². The summed E-state index contributed by atoms with van der Waals surface area (Å²) in [7, 11) is -12.3. The Kier molecular flexibility index (Phi) is 14.1. The van der Waals surface area contributed by atoms with Crippen LogP contribution >= 0.6 is 0 Å². The molecule has 0 atom stereocenters. The predicted molar refractivity (Wildman–Crippen MR) is 84.6 cm³/mol. The van der Waals surface area contributed by atoms with Crippen molar-refractivity contribution in [2.45, 2.75) is 0 Å². The van der Waals surface area contributed by atoms with E-state index in [4.69, 9.17) is 63.1 Å². The van der Waals surface area contributed by atoms with Gasteiger partial charge in [-0.2, -0.15) is 0 Å². The van der Waals surface area contributed by atoms with Crippen molar-refractivity contribution in [3.8, 4) is 59.6 Å². The number of nitrogens with zero attached hydrogens (tertiary/aromatic N) is 12. The summed E-state index contributed by atoms with van der Waals surface area (Å²) in [6, 6.07) is 0. The van der Waals surface area contributed by atoms with E-state index in [0.29, 0.717) is 0 Å². The monoisotopic (exact) mass is 544 g/mol. The van der Waals surface area contributed by atoms with Crippen molar-refractivity contribution in [2.24, 2.45) is 0 Å². The van der Waals surface area contributed by atoms with Crippen molar-refractivity contribution in [1.82, 2.24) is 0 Å². The third kappa shape index (κ3) is 4.73. The molecule has 0 bridgehead atoms. The Labute approximate surface area is 252 Å². The number of hydrogen-bond acceptors (Lipinski definition) is 12. The molecule has 130 valence electrons. The predicted octanol–water partition coefficient (Wildman–Crippen LogP) is -0.946. The van der Waals surface area contributed by atoms with Crippen LogP contribution in [-0.2, 0) is 21.5 Å². The molecule has 0 aromatic carbocycles. The molecule has 0 amide bonds. The van der Waals surface area contributed by atoms with Crippen LogP contribution in [0.3, 0.4) is 0 Å². The van der Waals surface area contributed by atoms with Gasteiger partial charge in [-0.1, -0.05) is 0 Å². The summed E-state index contributed by atoms with van der Waals surface area (Å²) in [4.78, 5) is 12.4. The SMILES string of the molecule is N#[C][Fe-3]([C]#N)([C]#N)([C]#N)([C]#N)[C]#N.N#[C][Fe-3]([C]#N)([C]#N)([C]#N)([C]#N)[C]#N.[Ca+2].[Ca+2].[Ca+2]. The molecule has 0 saturated carbocycles. The zero-order valence-electron chi connectivity index (χ0n) is 14.2. The molecule has 17 heteroatoms. The van der Waals surface area contributed by atoms with Gasteiger partial charge in [-0.05, 0) is 0 Å². The van der Waals surface area contributed by atoms with E-state index in [2.05, 4.69) is 0 Å². The Bertz CT molecular complexity index is 890. The summed E-state index contributed by atoms with van der Waals surface area (Å²) in [6.07, 6.45) is 0. The van der Waals surface area contributed by atoms with Gasteiger partial charge < -0.3 is 0 Å². The smallest absolute Gasteiger partial charge is 2.00 e. The van der Waals surface area contributed by atoms with E-state index in [9.17, 15) is 0 Å². The van der Waals surface area contributed by atoms with Gasteiger partial charge in [0.1, 0.15) is 0 Å². The van der Waals surface area contributed by atoms with Crippen LogP contribution in [0, 0.1) is 123 Å². The quantitative estimate of drug-likeness (QED) is 0.334. The van der Waals surface area contributed by atoms with Gasteiger partial charge in [-0.3, -0.25) is 0 Å². The molecule has 0 fully saturated rings. The maximum Gasteiger partial charge on any atom is 2.00 e. The molecule has 0 unspecified atom stereocenters. The van der Waals surface area contributed by atoms with Crippen LogP contribution in [0.25, 0.3) is 0 Å². The number of nitriles is 12. The fourth-order valence-electron chi connectivity index (χ4n) is 0.530. The molecule has 0 N–H and O–H groups in total. The summed E-state index contributed by atoms with van der Waals surface area (Å²) in [5.41, 5.74) is 0. The molecule has 0 aliphatic rings. The molecular weight excluding hydrogens is 544 g/mol. The Balaban J connectivity index is -0.000000120. The first kappa shape index (κ1) is 38.3. The van der Waals surface area contributed by atoms with Gasteiger partial charge in [0.2, 0.25) is 0 Å². The molecule has 0 aromatic heterocycles. The molecule has 0 radical (unpaired) electrons. The molecule has 0 saturated heterocycles. The molecule has 0 aliphatic heterocycles. The average molecular weight is 544 g/mol. The van der Waals surface area contributed by atoms with E-state index >= 15 is 0 Å². The van der Waals surface area contributed by atoms with Crippen LogP contribution in [0.4, 0.5) is 0 Å². The summed E-state index contributed by atoms with van der Waals surface area (Å²) in [5, 5.41) is 103. The normalized spacial score (nSPS) is 12.0. The second kappa shape index (κ2) is 10.6. The van der Waals surface area contributed by atoms with E-state index < -0.39 is 21.5 Å². The first-order chi connectivity index (χ1) is 11.9. The zero-order valence-corrected chi connectivity index (χ0v) is 23.0. The Morgan fingerprint density at radius 1 is 0.241 bits per heavy atom. The minimum absolute atomic E-state index is 0. The minimum atomic E-state index is -6.17. The number of rotatable bonds is 0. The van der Waals surface area contributed by atoms with Crippen molar-refractivity contribution >= 4 is 113 Å². The Morgan fingerprint density at radius 2 is 0.310 bits per heavy atom. The van der Waals surface area contributed by atoms with Gasteiger partial charge in [0, 0.05) is 0 Å². The van der Waals surface area contributed by atoms with E-state index in [0.717, 1.165) is 59.6 Å². The summed E-state index contributed by atoms with van der Waals surface area (Å²) < 4.78 is 0. The van der Waals surface area contributed by atoms with Crippen molar-refractivity contribution in [1.29, 1.82) is 63.1 Å². The molecule has 12 nitrogen and oxygen atoms in total. The van der Waals surface area contributed by atoms with Gasteiger partial charge in [-0.25, -0.2) is 0 Å². The third-order valence-electron chi connectivity index (χ3n) is 2.37. The fourth-order valence-corrected chi connectivity index (χ4v) is 2.19. The molecule has 0 rings (SSSR count). The van der Waals surface area contributed by atoms with Crippen molar-refractivity contribution in [3.63, 3.8) is 0 Å². The standard InChI is InChI=1S/12CN.3Ca.2Fe/c12*1-2;;;;;/q;;;;;;;;;;;;3*+2;2*-3. The summed E-state index contributed by atoms with van der Waals surface area (Å²) in [5.74, 6) is 0. The van der Waals surface area contributed by atoms with Gasteiger partial charge >= 0.3 is 257 Å². The summed E-state index contributed by atoms with van der Waals surface area (Å²) >= 11 is 0. The van der Waals surface area contributed by atoms with Crippen molar-refractivity contribution < 1.29 is 21.5 Å². The Hall–Kier alpha value is -1.30. The molecule has 0 aliphatic carbocycles. The molecule has 0 heterocycles. The van der Waals surface area contributed by atoms with E-state index in [1.165, 1.54) is 0 Å². The molecular formula is C12Ca3Fe2N12. The summed E-state index contributed by atoms with van der Waals surface area (Å²) in [6.45, 7) is 0. The van der Waals surface area contributed by atoms with Gasteiger partial charge in [0.25, 0.3) is 0 Å². The van der Waals surface area contributed by atoms with E-state index in [-0.39, 0.29) is 113 Å². The van der Waals surface area contributed by atoms with Crippen LogP contribution in [0.5, 0.6) is 0 Å². The Morgan fingerprint density at radius 3 is 0.310 bits per heavy atom. The maximum atomic E-state index is 8.58. The van der Waals surface area contributed by atoms with Gasteiger partial charge in [0.05, 0.1) is 0 Å². The third-order valence-corrected chi connectivity index (χ3v) is 9.78. The average Bonchev–Trinajstić information content (AvgIpc) is 2.77. The van der Waals surface area contributed by atoms with Crippen LogP contribution in [0.15, 0.2) is 0 Å². The first-order valence-electron chi connectivity index (χ1n) is 4.80. The topological polar surface area (TPSA) is 285 Å². The first-order valence-corrected chi connectivity index (χ1v) is 11.4. The maximum absolute atomic E-state index is 8.58. The second-order valence-electron chi connectivity index (χ2n) is 3.60. The van der Waals surface area contributed by atoms with E-state index in [1.807, 2.05) is 0 Å². The fraction of sp³-hybridized carbons (Fsp3) is 0. The van der Waals surface area contributed by atoms with Crippen molar-refractivity contribution in [3.05, 3.63) is 0 Å². The zero-order chi connectivity index (χ0) is 21.3. The van der Waals surface area contributed by atoms with Crippen molar-refractivity contribution in [2.75, 3.05) is 0 Å². The van der Waals surface area contributed by atoms with Crippen LogP contribution in [-0.4, -0.2) is 113 Å². The largest absolute Gasteiger partial charge is 2.00 e. The minimum Gasteiger partial charge on any atom is 2.00 e. The van der Waals surface area contributed by atoms with E-state index in [1.54, 1.807) is 0 Å². The van der Waals surface area contributed by atoms with Crippen LogP contribution < -0.4 is 0 Å². The molecule has 0 aromatic rings.